The van der Waals surface area contributed by atoms with E-state index in [0.717, 1.165) is 27.8 Å². The van der Waals surface area contributed by atoms with Crippen molar-refractivity contribution in [2.75, 3.05) is 18.6 Å². The monoisotopic (exact) mass is 518 g/mol. The van der Waals surface area contributed by atoms with E-state index in [2.05, 4.69) is 22.8 Å². The number of hydrogen-bond donors (Lipinski definition) is 3. The van der Waals surface area contributed by atoms with E-state index in [1.165, 1.54) is 11.8 Å². The number of ether oxygens (including phenoxy) is 1. The molecule has 8 heteroatoms. The molecule has 3 N–H and O–H groups in total. The minimum Gasteiger partial charge on any atom is -0.480 e. The van der Waals surface area contributed by atoms with Gasteiger partial charge in [-0.1, -0.05) is 78.9 Å². The van der Waals surface area contributed by atoms with Crippen molar-refractivity contribution in [3.63, 3.8) is 0 Å². The number of carboxylic acids is 1. The molecule has 2 amide bonds. The fourth-order valence-corrected chi connectivity index (χ4v) is 5.08. The van der Waals surface area contributed by atoms with Gasteiger partial charge in [-0.05, 0) is 46.2 Å². The van der Waals surface area contributed by atoms with Gasteiger partial charge < -0.3 is 20.5 Å². The Hall–Kier alpha value is -3.78. The molecule has 7 nitrogen and oxygen atoms in total. The first-order valence-corrected chi connectivity index (χ1v) is 13.5. The summed E-state index contributed by atoms with van der Waals surface area (Å²) in [7, 11) is 0. The highest BCUT2D eigenvalue weighted by molar-refractivity contribution is 7.98. The van der Waals surface area contributed by atoms with E-state index in [1.54, 1.807) is 0 Å². The summed E-state index contributed by atoms with van der Waals surface area (Å²) in [4.78, 5) is 37.6. The van der Waals surface area contributed by atoms with Crippen LogP contribution in [0.2, 0.25) is 0 Å². The first kappa shape index (κ1) is 26.3. The average Bonchev–Trinajstić information content (AvgIpc) is 3.23. The van der Waals surface area contributed by atoms with E-state index in [4.69, 9.17) is 4.74 Å². The van der Waals surface area contributed by atoms with Gasteiger partial charge in [-0.3, -0.25) is 4.79 Å². The Balaban J connectivity index is 1.45. The molecule has 0 fully saturated rings. The maximum absolute atomic E-state index is 13.1. The Morgan fingerprint density at radius 3 is 2.05 bits per heavy atom. The summed E-state index contributed by atoms with van der Waals surface area (Å²) >= 11 is 1.50. The fourth-order valence-electron chi connectivity index (χ4n) is 4.61. The number of benzene rings is 3. The summed E-state index contributed by atoms with van der Waals surface area (Å²) in [5.74, 6) is -1.20. The van der Waals surface area contributed by atoms with Crippen LogP contribution in [0.5, 0.6) is 0 Å². The Kier molecular flexibility index (Phi) is 8.85. The number of rotatable bonds is 11. The Bertz CT molecular complexity index is 1200. The number of fused-ring (bicyclic) bond motifs is 3. The number of nitrogens with one attached hydrogen (secondary N) is 2. The van der Waals surface area contributed by atoms with Gasteiger partial charge >= 0.3 is 12.1 Å². The van der Waals surface area contributed by atoms with E-state index in [1.807, 2.05) is 73.0 Å². The van der Waals surface area contributed by atoms with Gasteiger partial charge in [-0.15, -0.1) is 0 Å². The van der Waals surface area contributed by atoms with Gasteiger partial charge in [0.05, 0.1) is 0 Å². The number of thioether (sulfide) groups is 1. The van der Waals surface area contributed by atoms with Crippen LogP contribution in [0.25, 0.3) is 11.1 Å². The second kappa shape index (κ2) is 12.5. The molecule has 0 bridgehead atoms. The highest BCUT2D eigenvalue weighted by atomic mass is 32.2. The highest BCUT2D eigenvalue weighted by Gasteiger charge is 2.30. The van der Waals surface area contributed by atoms with E-state index in [9.17, 15) is 19.5 Å². The smallest absolute Gasteiger partial charge is 0.407 e. The molecule has 1 aliphatic rings. The van der Waals surface area contributed by atoms with Gasteiger partial charge in [-0.2, -0.15) is 11.8 Å². The minimum absolute atomic E-state index is 0.109. The zero-order chi connectivity index (χ0) is 26.2. The summed E-state index contributed by atoms with van der Waals surface area (Å²) in [6.07, 6.45) is 1.63. The molecule has 0 saturated heterocycles. The van der Waals surface area contributed by atoms with Crippen molar-refractivity contribution in [2.24, 2.45) is 0 Å². The van der Waals surface area contributed by atoms with Gasteiger partial charge in [-0.25, -0.2) is 9.59 Å². The van der Waals surface area contributed by atoms with Gasteiger partial charge in [0.25, 0.3) is 0 Å². The quantitative estimate of drug-likeness (QED) is 0.346. The molecule has 3 aromatic rings. The van der Waals surface area contributed by atoms with Crippen LogP contribution in [0, 0.1) is 0 Å². The van der Waals surface area contributed by atoms with Crippen molar-refractivity contribution in [1.82, 2.24) is 10.6 Å². The lowest BCUT2D eigenvalue weighted by molar-refractivity contribution is -0.142. The third-order valence-electron chi connectivity index (χ3n) is 6.46. The Morgan fingerprint density at radius 1 is 0.865 bits per heavy atom. The number of carboxylic acid groups (broad SMARTS) is 1. The molecule has 2 atom stereocenters. The molecule has 0 heterocycles. The van der Waals surface area contributed by atoms with Crippen molar-refractivity contribution >= 4 is 29.7 Å². The van der Waals surface area contributed by atoms with E-state index in [0.29, 0.717) is 5.75 Å². The maximum Gasteiger partial charge on any atom is 0.407 e. The predicted octanol–water partition coefficient (Wildman–Crippen LogP) is 4.46. The van der Waals surface area contributed by atoms with Crippen LogP contribution in [0.1, 0.15) is 29.0 Å². The first-order valence-electron chi connectivity index (χ1n) is 12.2. The lowest BCUT2D eigenvalue weighted by Gasteiger charge is -2.22. The topological polar surface area (TPSA) is 105 Å². The van der Waals surface area contributed by atoms with Crippen molar-refractivity contribution in [2.45, 2.75) is 30.8 Å². The zero-order valence-electron chi connectivity index (χ0n) is 20.6. The highest BCUT2D eigenvalue weighted by Crippen LogP contribution is 2.44. The molecule has 0 aromatic heterocycles. The summed E-state index contributed by atoms with van der Waals surface area (Å²) in [6.45, 7) is 0.116. The van der Waals surface area contributed by atoms with Crippen molar-refractivity contribution < 1.29 is 24.2 Å². The van der Waals surface area contributed by atoms with Crippen LogP contribution in [-0.2, 0) is 20.7 Å². The number of carbonyl (C=O) groups is 3. The number of hydrogen-bond acceptors (Lipinski definition) is 5. The van der Waals surface area contributed by atoms with Crippen LogP contribution in [0.3, 0.4) is 0 Å². The molecule has 37 heavy (non-hydrogen) atoms. The van der Waals surface area contributed by atoms with Crippen molar-refractivity contribution in [3.8, 4) is 11.1 Å². The van der Waals surface area contributed by atoms with Crippen LogP contribution in [-0.4, -0.2) is 53.8 Å². The van der Waals surface area contributed by atoms with Gasteiger partial charge in [0.1, 0.15) is 18.7 Å². The molecular formula is C29H30N2O5S. The summed E-state index contributed by atoms with van der Waals surface area (Å²) in [6, 6.07) is 23.3. The predicted molar refractivity (Wildman–Crippen MR) is 145 cm³/mol. The molecule has 1 unspecified atom stereocenters. The Labute approximate surface area is 220 Å². The standard InChI is InChI=1S/C29H30N2O5S/c1-37-16-15-25(28(33)34)30-27(32)26(17-19-9-3-2-4-10-19)31-29(35)36-18-24-22-13-7-5-11-20(22)21-12-6-8-14-23(21)24/h2-14,24-26H,15-18H2,1H3,(H,30,32)(H,31,35)(H,33,34)/t25?,26-/m0/s1. The molecule has 192 valence electrons. The first-order chi connectivity index (χ1) is 18.0. The van der Waals surface area contributed by atoms with Gasteiger partial charge in [0, 0.05) is 12.3 Å². The van der Waals surface area contributed by atoms with E-state index < -0.39 is 30.1 Å². The number of amides is 2. The summed E-state index contributed by atoms with van der Waals surface area (Å²) in [5, 5.41) is 14.8. The van der Waals surface area contributed by atoms with E-state index in [-0.39, 0.29) is 25.4 Å². The molecule has 0 spiro atoms. The van der Waals surface area contributed by atoms with Crippen LogP contribution >= 0.6 is 11.8 Å². The molecule has 1 aliphatic carbocycles. The van der Waals surface area contributed by atoms with Gasteiger partial charge in [0.2, 0.25) is 5.91 Å². The number of alkyl carbamates (subject to hydrolysis) is 1. The Morgan fingerprint density at radius 2 is 1.46 bits per heavy atom. The number of carbonyl (C=O) groups excluding carboxylic acids is 2. The molecule has 0 aliphatic heterocycles. The fraction of sp³-hybridized carbons (Fsp3) is 0.276. The molecule has 0 saturated carbocycles. The lowest BCUT2D eigenvalue weighted by atomic mass is 9.98. The average molecular weight is 519 g/mol. The second-order valence-electron chi connectivity index (χ2n) is 8.89. The van der Waals surface area contributed by atoms with Gasteiger partial charge in [0.15, 0.2) is 0 Å². The largest absolute Gasteiger partial charge is 0.480 e. The minimum atomic E-state index is -1.11. The lowest BCUT2D eigenvalue weighted by Crippen LogP contribution is -2.52. The summed E-state index contributed by atoms with van der Waals surface area (Å²) < 4.78 is 5.63. The van der Waals surface area contributed by atoms with Crippen LogP contribution in [0.15, 0.2) is 78.9 Å². The third-order valence-corrected chi connectivity index (χ3v) is 7.10. The van der Waals surface area contributed by atoms with E-state index >= 15 is 0 Å². The second-order valence-corrected chi connectivity index (χ2v) is 9.88. The maximum atomic E-state index is 13.1. The number of aliphatic carboxylic acids is 1. The zero-order valence-corrected chi connectivity index (χ0v) is 21.4. The van der Waals surface area contributed by atoms with Crippen LogP contribution < -0.4 is 10.6 Å². The SMILES string of the molecule is CSCCC(NC(=O)[C@H](Cc1ccccc1)NC(=O)OCC1c2ccccc2-c2ccccc21)C(=O)O. The molecular weight excluding hydrogens is 488 g/mol. The molecule has 0 radical (unpaired) electrons. The normalized spacial score (nSPS) is 13.6. The molecule has 4 rings (SSSR count). The third kappa shape index (κ3) is 6.51. The van der Waals surface area contributed by atoms with Crippen LogP contribution in [0.4, 0.5) is 4.79 Å². The summed E-state index contributed by atoms with van der Waals surface area (Å²) in [5.41, 5.74) is 5.26. The van der Waals surface area contributed by atoms with Crippen molar-refractivity contribution in [3.05, 3.63) is 95.6 Å². The van der Waals surface area contributed by atoms with Crippen molar-refractivity contribution in [1.29, 1.82) is 0 Å². The molecule has 3 aromatic carbocycles.